The van der Waals surface area contributed by atoms with Crippen molar-refractivity contribution in [3.63, 3.8) is 0 Å². The second kappa shape index (κ2) is 3.05. The number of nitrogens with zero attached hydrogens (tertiary/aromatic N) is 1. The van der Waals surface area contributed by atoms with Gasteiger partial charge < -0.3 is 0 Å². The second-order valence-electron chi connectivity index (χ2n) is 2.35. The lowest BCUT2D eigenvalue weighted by Gasteiger charge is -2.09. The zero-order valence-electron chi connectivity index (χ0n) is 6.11. The molecule has 66 valence electrons. The number of aromatic nitrogens is 1. The van der Waals surface area contributed by atoms with E-state index in [9.17, 15) is 13.2 Å². The van der Waals surface area contributed by atoms with Gasteiger partial charge in [0.1, 0.15) is 10.3 Å². The largest absolute Gasteiger partial charge is 0.289 e. The quantitative estimate of drug-likeness (QED) is 0.687. The fourth-order valence-corrected chi connectivity index (χ4v) is 1.04. The molecule has 0 spiro atoms. The first-order valence-electron chi connectivity index (χ1n) is 3.11. The third kappa shape index (κ3) is 1.97. The second-order valence-corrected chi connectivity index (χ2v) is 3.17. The summed E-state index contributed by atoms with van der Waals surface area (Å²) in [5, 5.41) is 0. The summed E-state index contributed by atoms with van der Waals surface area (Å²) in [5.41, 5.74) is -0.836. The first-order valence-corrected chi connectivity index (χ1v) is 3.91. The standard InChI is InChI=1S/C7H5BrF3N/c1-7(10,11)6-4(9)2-3-5(8)12-6/h2-3H,1H3. The summed E-state index contributed by atoms with van der Waals surface area (Å²) >= 11 is 2.88. The Morgan fingerprint density at radius 3 is 2.42 bits per heavy atom. The van der Waals surface area contributed by atoms with E-state index in [4.69, 9.17) is 0 Å². The lowest BCUT2D eigenvalue weighted by molar-refractivity contribution is 0.00859. The van der Waals surface area contributed by atoms with E-state index in [0.29, 0.717) is 6.92 Å². The van der Waals surface area contributed by atoms with Crippen molar-refractivity contribution in [3.05, 3.63) is 28.2 Å². The first kappa shape index (κ1) is 9.51. The van der Waals surface area contributed by atoms with Gasteiger partial charge in [0.2, 0.25) is 0 Å². The highest BCUT2D eigenvalue weighted by molar-refractivity contribution is 9.10. The topological polar surface area (TPSA) is 12.9 Å². The molecule has 1 aromatic rings. The summed E-state index contributed by atoms with van der Waals surface area (Å²) in [7, 11) is 0. The van der Waals surface area contributed by atoms with Crippen LogP contribution in [0, 0.1) is 5.82 Å². The van der Waals surface area contributed by atoms with E-state index in [-0.39, 0.29) is 4.60 Å². The molecule has 12 heavy (non-hydrogen) atoms. The lowest BCUT2D eigenvalue weighted by atomic mass is 10.2. The minimum absolute atomic E-state index is 0.195. The highest BCUT2D eigenvalue weighted by Crippen LogP contribution is 2.28. The Morgan fingerprint density at radius 2 is 2.00 bits per heavy atom. The Hall–Kier alpha value is -0.580. The van der Waals surface area contributed by atoms with Crippen LogP contribution >= 0.6 is 15.9 Å². The Balaban J connectivity index is 3.23. The molecule has 0 bridgehead atoms. The van der Waals surface area contributed by atoms with Crippen LogP contribution in [0.1, 0.15) is 12.6 Å². The number of hydrogen-bond donors (Lipinski definition) is 0. The molecular weight excluding hydrogens is 235 g/mol. The minimum Gasteiger partial charge on any atom is -0.237 e. The van der Waals surface area contributed by atoms with Crippen LogP contribution in [0.5, 0.6) is 0 Å². The molecule has 0 aromatic carbocycles. The van der Waals surface area contributed by atoms with Crippen LogP contribution in [0.4, 0.5) is 13.2 Å². The molecular formula is C7H5BrF3N. The molecule has 1 nitrogen and oxygen atoms in total. The van der Waals surface area contributed by atoms with Crippen LogP contribution in [0.15, 0.2) is 16.7 Å². The van der Waals surface area contributed by atoms with Gasteiger partial charge in [0.25, 0.3) is 5.92 Å². The molecule has 0 aliphatic heterocycles. The molecule has 0 N–H and O–H groups in total. The number of rotatable bonds is 1. The molecule has 1 heterocycles. The maximum atomic E-state index is 12.7. The molecule has 1 rings (SSSR count). The zero-order chi connectivity index (χ0) is 9.35. The number of alkyl halides is 2. The van der Waals surface area contributed by atoms with E-state index in [1.807, 2.05) is 0 Å². The Labute approximate surface area is 75.7 Å². The highest BCUT2D eigenvalue weighted by Gasteiger charge is 2.30. The van der Waals surface area contributed by atoms with Crippen molar-refractivity contribution in [2.24, 2.45) is 0 Å². The molecule has 0 fully saturated rings. The van der Waals surface area contributed by atoms with Gasteiger partial charge in [-0.1, -0.05) is 0 Å². The fourth-order valence-electron chi connectivity index (χ4n) is 0.726. The summed E-state index contributed by atoms with van der Waals surface area (Å²) in [6.07, 6.45) is 0. The normalized spacial score (nSPS) is 11.8. The Bertz CT molecular complexity index is 295. The van der Waals surface area contributed by atoms with Gasteiger partial charge in [-0.05, 0) is 28.1 Å². The number of halogens is 4. The Kier molecular flexibility index (Phi) is 2.41. The van der Waals surface area contributed by atoms with Gasteiger partial charge in [-0.3, -0.25) is 0 Å². The van der Waals surface area contributed by atoms with Crippen LogP contribution in [0.3, 0.4) is 0 Å². The maximum absolute atomic E-state index is 12.7. The van der Waals surface area contributed by atoms with Gasteiger partial charge in [0, 0.05) is 6.92 Å². The van der Waals surface area contributed by atoms with E-state index < -0.39 is 17.4 Å². The van der Waals surface area contributed by atoms with Crippen molar-refractivity contribution in [1.82, 2.24) is 4.98 Å². The molecule has 0 amide bonds. The highest BCUT2D eigenvalue weighted by atomic mass is 79.9. The summed E-state index contributed by atoms with van der Waals surface area (Å²) in [6, 6.07) is 2.22. The predicted molar refractivity (Wildman–Crippen MR) is 41.5 cm³/mol. The summed E-state index contributed by atoms with van der Waals surface area (Å²) < 4.78 is 38.0. The number of hydrogen-bond acceptors (Lipinski definition) is 1. The SMILES string of the molecule is CC(F)(F)c1nc(Br)ccc1F. The average Bonchev–Trinajstić information content (AvgIpc) is 1.92. The molecule has 0 atom stereocenters. The van der Waals surface area contributed by atoms with Gasteiger partial charge in [-0.2, -0.15) is 8.78 Å². The molecule has 0 saturated carbocycles. The third-order valence-corrected chi connectivity index (χ3v) is 1.67. The van der Waals surface area contributed by atoms with Crippen LogP contribution in [0.2, 0.25) is 0 Å². The monoisotopic (exact) mass is 239 g/mol. The third-order valence-electron chi connectivity index (χ3n) is 1.23. The Morgan fingerprint density at radius 1 is 1.42 bits per heavy atom. The van der Waals surface area contributed by atoms with Crippen molar-refractivity contribution in [2.45, 2.75) is 12.8 Å². The molecule has 5 heteroatoms. The summed E-state index contributed by atoms with van der Waals surface area (Å²) in [4.78, 5) is 3.34. The van der Waals surface area contributed by atoms with Crippen LogP contribution in [-0.2, 0) is 5.92 Å². The molecule has 0 unspecified atom stereocenters. The van der Waals surface area contributed by atoms with Crippen molar-refractivity contribution >= 4 is 15.9 Å². The molecule has 0 aliphatic rings. The van der Waals surface area contributed by atoms with E-state index in [2.05, 4.69) is 20.9 Å². The van der Waals surface area contributed by atoms with Gasteiger partial charge in [0.15, 0.2) is 5.82 Å². The first-order chi connectivity index (χ1) is 5.41. The van der Waals surface area contributed by atoms with Crippen LogP contribution < -0.4 is 0 Å². The molecule has 0 aliphatic carbocycles. The van der Waals surface area contributed by atoms with Crippen molar-refractivity contribution < 1.29 is 13.2 Å². The van der Waals surface area contributed by atoms with Gasteiger partial charge >= 0.3 is 0 Å². The molecule has 0 saturated heterocycles. The van der Waals surface area contributed by atoms with Crippen molar-refractivity contribution in [3.8, 4) is 0 Å². The van der Waals surface area contributed by atoms with Gasteiger partial charge in [-0.25, -0.2) is 9.37 Å². The zero-order valence-corrected chi connectivity index (χ0v) is 7.70. The average molecular weight is 240 g/mol. The minimum atomic E-state index is -3.24. The molecule has 0 radical (unpaired) electrons. The number of pyridine rings is 1. The van der Waals surface area contributed by atoms with Crippen molar-refractivity contribution in [2.75, 3.05) is 0 Å². The van der Waals surface area contributed by atoms with Crippen LogP contribution in [0.25, 0.3) is 0 Å². The van der Waals surface area contributed by atoms with Gasteiger partial charge in [-0.15, -0.1) is 0 Å². The predicted octanol–water partition coefficient (Wildman–Crippen LogP) is 3.09. The van der Waals surface area contributed by atoms with E-state index in [1.54, 1.807) is 0 Å². The van der Waals surface area contributed by atoms with Crippen molar-refractivity contribution in [1.29, 1.82) is 0 Å². The van der Waals surface area contributed by atoms with Gasteiger partial charge in [0.05, 0.1) is 0 Å². The van der Waals surface area contributed by atoms with E-state index in [1.165, 1.54) is 6.07 Å². The maximum Gasteiger partial charge on any atom is 0.289 e. The lowest BCUT2D eigenvalue weighted by Crippen LogP contribution is -2.12. The summed E-state index contributed by atoms with van der Waals surface area (Å²) in [6.45, 7) is 0.602. The van der Waals surface area contributed by atoms with E-state index in [0.717, 1.165) is 6.07 Å². The van der Waals surface area contributed by atoms with Crippen LogP contribution in [-0.4, -0.2) is 4.98 Å². The summed E-state index contributed by atoms with van der Waals surface area (Å²) in [5.74, 6) is -4.24. The van der Waals surface area contributed by atoms with E-state index >= 15 is 0 Å². The fraction of sp³-hybridized carbons (Fsp3) is 0.286. The molecule has 1 aromatic heterocycles. The smallest absolute Gasteiger partial charge is 0.237 e.